The van der Waals surface area contributed by atoms with E-state index in [-0.39, 0.29) is 17.8 Å². The van der Waals surface area contributed by atoms with Crippen molar-refractivity contribution in [3.63, 3.8) is 0 Å². The molecular weight excluding hydrogens is 299 g/mol. The zero-order valence-corrected chi connectivity index (χ0v) is 11.2. The summed E-state index contributed by atoms with van der Waals surface area (Å²) in [7, 11) is 0. The Morgan fingerprint density at radius 1 is 1.32 bits per heavy atom. The monoisotopic (exact) mass is 311 g/mol. The molecule has 116 valence electrons. The Morgan fingerprint density at radius 2 is 2.00 bits per heavy atom. The summed E-state index contributed by atoms with van der Waals surface area (Å²) in [6, 6.07) is 6.14. The highest BCUT2D eigenvalue weighted by Gasteiger charge is 2.47. The van der Waals surface area contributed by atoms with Gasteiger partial charge in [-0.15, -0.1) is 0 Å². The normalized spacial score (nSPS) is 21.0. The molecule has 5 nitrogen and oxygen atoms in total. The van der Waals surface area contributed by atoms with E-state index in [0.717, 1.165) is 6.20 Å². The third kappa shape index (κ3) is 2.40. The van der Waals surface area contributed by atoms with E-state index >= 15 is 0 Å². The topological polar surface area (TPSA) is 67.1 Å². The third-order valence-corrected chi connectivity index (χ3v) is 3.67. The molecule has 1 aliphatic rings. The van der Waals surface area contributed by atoms with Crippen molar-refractivity contribution in [2.75, 3.05) is 5.32 Å². The predicted molar refractivity (Wildman–Crippen MR) is 71.7 cm³/mol. The van der Waals surface area contributed by atoms with Crippen molar-refractivity contribution in [1.82, 2.24) is 9.78 Å². The molecule has 0 radical (unpaired) electrons. The lowest BCUT2D eigenvalue weighted by atomic mass is 9.96. The zero-order chi connectivity index (χ0) is 15.9. The van der Waals surface area contributed by atoms with Crippen LogP contribution in [0.5, 0.6) is 0 Å². The van der Waals surface area contributed by atoms with Crippen LogP contribution in [0.1, 0.15) is 34.4 Å². The Hall–Kier alpha value is -2.51. The van der Waals surface area contributed by atoms with Crippen molar-refractivity contribution in [3.05, 3.63) is 47.7 Å². The lowest BCUT2D eigenvalue weighted by Crippen LogP contribution is -2.36. The lowest BCUT2D eigenvalue weighted by molar-refractivity contribution is -0.173. The van der Waals surface area contributed by atoms with Gasteiger partial charge in [-0.3, -0.25) is 0 Å². The molecule has 0 amide bonds. The summed E-state index contributed by atoms with van der Waals surface area (Å²) in [5.74, 6) is -1.43. The van der Waals surface area contributed by atoms with E-state index in [9.17, 15) is 18.0 Å². The van der Waals surface area contributed by atoms with Crippen molar-refractivity contribution in [3.8, 4) is 0 Å². The van der Waals surface area contributed by atoms with Crippen LogP contribution in [0.3, 0.4) is 0 Å². The van der Waals surface area contributed by atoms with Gasteiger partial charge in [-0.05, 0) is 5.56 Å². The zero-order valence-electron chi connectivity index (χ0n) is 11.2. The highest BCUT2D eigenvalue weighted by atomic mass is 19.4. The van der Waals surface area contributed by atoms with Gasteiger partial charge in [0.15, 0.2) is 6.04 Å². The second-order valence-electron chi connectivity index (χ2n) is 5.06. The molecule has 0 bridgehead atoms. The van der Waals surface area contributed by atoms with Crippen LogP contribution in [0.2, 0.25) is 0 Å². The molecule has 1 aromatic carbocycles. The summed E-state index contributed by atoms with van der Waals surface area (Å²) >= 11 is 0. The minimum Gasteiger partial charge on any atom is -0.477 e. The highest BCUT2D eigenvalue weighted by molar-refractivity contribution is 5.93. The van der Waals surface area contributed by atoms with Crippen LogP contribution >= 0.6 is 0 Å². The number of fused-ring (bicyclic) bond motifs is 1. The number of anilines is 1. The average Bonchev–Trinajstić information content (AvgIpc) is 2.90. The van der Waals surface area contributed by atoms with Crippen LogP contribution in [-0.4, -0.2) is 27.0 Å². The minimum absolute atomic E-state index is 0.116. The number of rotatable bonds is 2. The van der Waals surface area contributed by atoms with Gasteiger partial charge in [-0.1, -0.05) is 30.3 Å². The lowest BCUT2D eigenvalue weighted by Gasteiger charge is -2.33. The fourth-order valence-electron chi connectivity index (χ4n) is 2.62. The highest BCUT2D eigenvalue weighted by Crippen LogP contribution is 2.44. The van der Waals surface area contributed by atoms with Gasteiger partial charge in [-0.25, -0.2) is 9.48 Å². The molecule has 8 heteroatoms. The van der Waals surface area contributed by atoms with E-state index < -0.39 is 24.2 Å². The fourth-order valence-corrected chi connectivity index (χ4v) is 2.62. The molecule has 0 spiro atoms. The Kier molecular flexibility index (Phi) is 3.31. The molecule has 2 atom stereocenters. The summed E-state index contributed by atoms with van der Waals surface area (Å²) < 4.78 is 40.6. The first-order chi connectivity index (χ1) is 10.4. The van der Waals surface area contributed by atoms with Crippen LogP contribution in [0.25, 0.3) is 0 Å². The van der Waals surface area contributed by atoms with E-state index in [0.29, 0.717) is 10.2 Å². The van der Waals surface area contributed by atoms with Crippen LogP contribution < -0.4 is 5.32 Å². The van der Waals surface area contributed by atoms with E-state index in [1.54, 1.807) is 30.3 Å². The summed E-state index contributed by atoms with van der Waals surface area (Å²) in [5.41, 5.74) is 0.399. The molecule has 3 rings (SSSR count). The number of alkyl halides is 3. The second-order valence-corrected chi connectivity index (χ2v) is 5.06. The van der Waals surface area contributed by atoms with Crippen molar-refractivity contribution in [1.29, 1.82) is 0 Å². The first-order valence-corrected chi connectivity index (χ1v) is 6.57. The van der Waals surface area contributed by atoms with Gasteiger partial charge in [0.1, 0.15) is 11.4 Å². The number of carboxylic acids is 1. The number of hydrogen-bond donors (Lipinski definition) is 2. The number of carbonyl (C=O) groups is 1. The second kappa shape index (κ2) is 5.04. The molecule has 2 heterocycles. The van der Waals surface area contributed by atoms with E-state index in [4.69, 9.17) is 5.11 Å². The summed E-state index contributed by atoms with van der Waals surface area (Å²) in [6.07, 6.45) is -3.82. The number of nitrogens with one attached hydrogen (secondary N) is 1. The number of carboxylic acid groups (broad SMARTS) is 1. The van der Waals surface area contributed by atoms with E-state index in [1.165, 1.54) is 0 Å². The Balaban J connectivity index is 2.07. The number of nitrogens with zero attached hydrogens (tertiary/aromatic N) is 2. The average molecular weight is 311 g/mol. The maximum Gasteiger partial charge on any atom is 0.410 e. The summed E-state index contributed by atoms with van der Waals surface area (Å²) in [5, 5.41) is 15.6. The molecule has 2 aromatic rings. The van der Waals surface area contributed by atoms with Gasteiger partial charge in [0, 0.05) is 6.42 Å². The fraction of sp³-hybridized carbons (Fsp3) is 0.286. The number of aromatic nitrogens is 2. The summed E-state index contributed by atoms with van der Waals surface area (Å²) in [4.78, 5) is 11.2. The third-order valence-electron chi connectivity index (χ3n) is 3.67. The van der Waals surface area contributed by atoms with Gasteiger partial charge in [0.2, 0.25) is 0 Å². The van der Waals surface area contributed by atoms with Gasteiger partial charge in [0.25, 0.3) is 0 Å². The molecule has 1 aliphatic heterocycles. The van der Waals surface area contributed by atoms with Crippen molar-refractivity contribution in [2.45, 2.75) is 24.7 Å². The maximum absolute atomic E-state index is 13.3. The molecule has 2 N–H and O–H groups in total. The largest absolute Gasteiger partial charge is 0.477 e. The minimum atomic E-state index is -4.51. The maximum atomic E-state index is 13.3. The molecule has 0 saturated heterocycles. The first kappa shape index (κ1) is 14.4. The van der Waals surface area contributed by atoms with E-state index in [2.05, 4.69) is 10.4 Å². The Bertz CT molecular complexity index is 697. The van der Waals surface area contributed by atoms with Gasteiger partial charge in [0.05, 0.1) is 12.2 Å². The van der Waals surface area contributed by atoms with Crippen LogP contribution in [-0.2, 0) is 0 Å². The SMILES string of the molecule is O=C(O)c1cnn2c1N[C@H](c1ccccc1)C[C@@H]2C(F)(F)F. The number of hydrogen-bond acceptors (Lipinski definition) is 3. The summed E-state index contributed by atoms with van der Waals surface area (Å²) in [6.45, 7) is 0. The van der Waals surface area contributed by atoms with Gasteiger partial charge in [-0.2, -0.15) is 18.3 Å². The van der Waals surface area contributed by atoms with Crippen molar-refractivity contribution >= 4 is 11.8 Å². The molecule has 0 saturated carbocycles. The van der Waals surface area contributed by atoms with Gasteiger partial charge < -0.3 is 10.4 Å². The molecule has 0 aliphatic carbocycles. The number of aromatic carboxylic acids is 1. The molecule has 22 heavy (non-hydrogen) atoms. The quantitative estimate of drug-likeness (QED) is 0.893. The van der Waals surface area contributed by atoms with Crippen molar-refractivity contribution < 1.29 is 23.1 Å². The number of benzene rings is 1. The predicted octanol–water partition coefficient (Wildman–Crippen LogP) is 3.24. The van der Waals surface area contributed by atoms with Crippen LogP contribution in [0, 0.1) is 0 Å². The van der Waals surface area contributed by atoms with Crippen LogP contribution in [0.15, 0.2) is 36.5 Å². The Morgan fingerprint density at radius 3 is 2.59 bits per heavy atom. The molecular formula is C14H12F3N3O2. The molecule has 1 aromatic heterocycles. The van der Waals surface area contributed by atoms with E-state index in [1.807, 2.05) is 0 Å². The number of halogens is 3. The van der Waals surface area contributed by atoms with Crippen LogP contribution in [0.4, 0.5) is 19.0 Å². The molecule has 0 fully saturated rings. The van der Waals surface area contributed by atoms with Gasteiger partial charge >= 0.3 is 12.1 Å². The Labute approximate surface area is 123 Å². The van der Waals surface area contributed by atoms with Crippen molar-refractivity contribution in [2.24, 2.45) is 0 Å². The molecule has 0 unspecified atom stereocenters. The smallest absolute Gasteiger partial charge is 0.410 e. The standard InChI is InChI=1S/C14H12F3N3O2/c15-14(16,17)11-6-10(8-4-2-1-3-5-8)19-12-9(13(21)22)7-18-20(11)12/h1-5,7,10-11,19H,6H2,(H,21,22)/t10-,11+/m0/s1. The first-order valence-electron chi connectivity index (χ1n) is 6.57.